The minimum absolute atomic E-state index is 0.0553. The Balaban J connectivity index is 2.43. The molecule has 0 spiro atoms. The standard InChI is InChI=1S/C10H10ClN5S/c1-16-5-14-15-10(16)17-7-4-2-3-6(11)8(7)9(12)13/h2-5H,1H3,(H3,12,13). The van der Waals surface area contributed by atoms with Crippen LogP contribution in [0, 0.1) is 5.41 Å². The van der Waals surface area contributed by atoms with Crippen LogP contribution in [0.5, 0.6) is 0 Å². The van der Waals surface area contributed by atoms with E-state index in [0.717, 1.165) is 10.1 Å². The van der Waals surface area contributed by atoms with Crippen LogP contribution in [0.1, 0.15) is 5.56 Å². The highest BCUT2D eigenvalue weighted by atomic mass is 35.5. The smallest absolute Gasteiger partial charge is 0.195 e. The van der Waals surface area contributed by atoms with Crippen LogP contribution in [0.3, 0.4) is 0 Å². The zero-order chi connectivity index (χ0) is 12.4. The van der Waals surface area contributed by atoms with Crippen molar-refractivity contribution >= 4 is 29.2 Å². The van der Waals surface area contributed by atoms with Gasteiger partial charge in [-0.3, -0.25) is 5.41 Å². The molecule has 7 heteroatoms. The Hall–Kier alpha value is -1.53. The van der Waals surface area contributed by atoms with Gasteiger partial charge in [-0.15, -0.1) is 10.2 Å². The van der Waals surface area contributed by atoms with Gasteiger partial charge in [0.2, 0.25) is 0 Å². The summed E-state index contributed by atoms with van der Waals surface area (Å²) in [5.41, 5.74) is 6.05. The number of halogens is 1. The van der Waals surface area contributed by atoms with Gasteiger partial charge in [0.25, 0.3) is 0 Å². The van der Waals surface area contributed by atoms with Crippen LogP contribution in [0.25, 0.3) is 0 Å². The fourth-order valence-electron chi connectivity index (χ4n) is 1.31. The van der Waals surface area contributed by atoms with Crippen LogP contribution in [0.2, 0.25) is 5.02 Å². The summed E-state index contributed by atoms with van der Waals surface area (Å²) >= 11 is 7.40. The zero-order valence-electron chi connectivity index (χ0n) is 9.01. The van der Waals surface area contributed by atoms with E-state index in [4.69, 9.17) is 22.7 Å². The number of nitrogens with zero attached hydrogens (tertiary/aromatic N) is 3. The number of aryl methyl sites for hydroxylation is 1. The van der Waals surface area contributed by atoms with Gasteiger partial charge in [-0.2, -0.15) is 0 Å². The van der Waals surface area contributed by atoms with Crippen LogP contribution >= 0.6 is 23.4 Å². The molecule has 0 atom stereocenters. The molecule has 0 unspecified atom stereocenters. The maximum Gasteiger partial charge on any atom is 0.195 e. The summed E-state index contributed by atoms with van der Waals surface area (Å²) in [5, 5.41) is 16.5. The van der Waals surface area contributed by atoms with Crippen LogP contribution in [0.15, 0.2) is 34.6 Å². The van der Waals surface area contributed by atoms with Crippen LogP contribution in [-0.4, -0.2) is 20.6 Å². The molecule has 1 heterocycles. The van der Waals surface area contributed by atoms with E-state index in [1.165, 1.54) is 11.8 Å². The average molecular weight is 268 g/mol. The lowest BCUT2D eigenvalue weighted by Gasteiger charge is -2.08. The number of rotatable bonds is 3. The van der Waals surface area contributed by atoms with Crippen molar-refractivity contribution in [3.05, 3.63) is 35.1 Å². The van der Waals surface area contributed by atoms with Crippen LogP contribution in [-0.2, 0) is 7.05 Å². The van der Waals surface area contributed by atoms with Crippen molar-refractivity contribution in [2.45, 2.75) is 10.1 Å². The molecule has 88 valence electrons. The molecule has 0 saturated heterocycles. The van der Waals surface area contributed by atoms with E-state index in [1.807, 2.05) is 19.2 Å². The predicted octanol–water partition coefficient (Wildman–Crippen LogP) is 1.90. The summed E-state index contributed by atoms with van der Waals surface area (Å²) in [5.74, 6) is -0.0553. The number of amidine groups is 1. The van der Waals surface area contributed by atoms with Crippen molar-refractivity contribution < 1.29 is 0 Å². The molecule has 1 aromatic heterocycles. The molecule has 0 aliphatic heterocycles. The van der Waals surface area contributed by atoms with E-state index in [1.54, 1.807) is 17.0 Å². The van der Waals surface area contributed by atoms with E-state index in [0.29, 0.717) is 10.6 Å². The first kappa shape index (κ1) is 11.9. The second kappa shape index (κ2) is 4.77. The van der Waals surface area contributed by atoms with Crippen LogP contribution < -0.4 is 5.73 Å². The number of nitrogens with one attached hydrogen (secondary N) is 1. The lowest BCUT2D eigenvalue weighted by molar-refractivity contribution is 0.788. The molecule has 3 N–H and O–H groups in total. The molecule has 1 aromatic carbocycles. The van der Waals surface area contributed by atoms with Gasteiger partial charge in [-0.05, 0) is 23.9 Å². The molecule has 2 rings (SSSR count). The molecule has 2 aromatic rings. The Morgan fingerprint density at radius 3 is 2.88 bits per heavy atom. The van der Waals surface area contributed by atoms with Crippen molar-refractivity contribution in [3.8, 4) is 0 Å². The molecular formula is C10H10ClN5S. The second-order valence-corrected chi connectivity index (χ2v) is 4.77. The maximum absolute atomic E-state index is 7.54. The molecule has 5 nitrogen and oxygen atoms in total. The zero-order valence-corrected chi connectivity index (χ0v) is 10.6. The minimum atomic E-state index is -0.0553. The van der Waals surface area contributed by atoms with Gasteiger partial charge >= 0.3 is 0 Å². The number of aromatic nitrogens is 3. The van der Waals surface area contributed by atoms with Crippen molar-refractivity contribution in [1.29, 1.82) is 5.41 Å². The summed E-state index contributed by atoms with van der Waals surface area (Å²) in [6, 6.07) is 5.37. The molecule has 0 bridgehead atoms. The Labute approximate surface area is 107 Å². The highest BCUT2D eigenvalue weighted by molar-refractivity contribution is 7.99. The second-order valence-electron chi connectivity index (χ2n) is 3.35. The first-order valence-electron chi connectivity index (χ1n) is 4.74. The van der Waals surface area contributed by atoms with Gasteiger partial charge < -0.3 is 10.3 Å². The SMILES string of the molecule is Cn1cnnc1Sc1cccc(Cl)c1C(=N)N. The molecule has 0 fully saturated rings. The molecular weight excluding hydrogens is 258 g/mol. The van der Waals surface area contributed by atoms with Crippen molar-refractivity contribution in [1.82, 2.24) is 14.8 Å². The van der Waals surface area contributed by atoms with Gasteiger partial charge in [0.05, 0.1) is 5.02 Å². The number of nitrogen functional groups attached to an aromatic ring is 1. The van der Waals surface area contributed by atoms with E-state index in [9.17, 15) is 0 Å². The molecule has 0 saturated carbocycles. The normalized spacial score (nSPS) is 10.5. The number of benzene rings is 1. The fraction of sp³-hybridized carbons (Fsp3) is 0.100. The lowest BCUT2D eigenvalue weighted by atomic mass is 10.2. The molecule has 0 radical (unpaired) electrons. The third kappa shape index (κ3) is 2.42. The maximum atomic E-state index is 7.54. The quantitative estimate of drug-likeness (QED) is 0.657. The van der Waals surface area contributed by atoms with Gasteiger partial charge in [0.15, 0.2) is 5.16 Å². The van der Waals surface area contributed by atoms with Gasteiger partial charge in [0, 0.05) is 17.5 Å². The van der Waals surface area contributed by atoms with E-state index in [-0.39, 0.29) is 5.84 Å². The highest BCUT2D eigenvalue weighted by Crippen LogP contribution is 2.32. The molecule has 0 amide bonds. The average Bonchev–Trinajstić information content (AvgIpc) is 2.64. The number of nitrogens with two attached hydrogens (primary N) is 1. The van der Waals surface area contributed by atoms with Crippen molar-refractivity contribution in [2.24, 2.45) is 12.8 Å². The minimum Gasteiger partial charge on any atom is -0.384 e. The first-order chi connectivity index (χ1) is 8.09. The summed E-state index contributed by atoms with van der Waals surface area (Å²) in [6.07, 6.45) is 1.61. The van der Waals surface area contributed by atoms with Gasteiger partial charge in [-0.1, -0.05) is 17.7 Å². The number of hydrogen-bond acceptors (Lipinski definition) is 4. The van der Waals surface area contributed by atoms with E-state index in [2.05, 4.69) is 10.2 Å². The molecule has 0 aliphatic carbocycles. The largest absolute Gasteiger partial charge is 0.384 e. The van der Waals surface area contributed by atoms with Gasteiger partial charge in [0.1, 0.15) is 12.2 Å². The summed E-state index contributed by atoms with van der Waals surface area (Å²) in [7, 11) is 1.85. The van der Waals surface area contributed by atoms with Gasteiger partial charge in [-0.25, -0.2) is 0 Å². The first-order valence-corrected chi connectivity index (χ1v) is 5.94. The lowest BCUT2D eigenvalue weighted by Crippen LogP contribution is -2.13. The monoisotopic (exact) mass is 267 g/mol. The summed E-state index contributed by atoms with van der Waals surface area (Å²) in [6.45, 7) is 0. The third-order valence-electron chi connectivity index (χ3n) is 2.12. The Kier molecular flexibility index (Phi) is 3.35. The molecule has 0 aliphatic rings. The van der Waals surface area contributed by atoms with E-state index >= 15 is 0 Å². The van der Waals surface area contributed by atoms with Crippen molar-refractivity contribution in [2.75, 3.05) is 0 Å². The summed E-state index contributed by atoms with van der Waals surface area (Å²) in [4.78, 5) is 0.793. The third-order valence-corrected chi connectivity index (χ3v) is 3.54. The Morgan fingerprint density at radius 2 is 2.29 bits per heavy atom. The highest BCUT2D eigenvalue weighted by Gasteiger charge is 2.13. The van der Waals surface area contributed by atoms with E-state index < -0.39 is 0 Å². The number of hydrogen-bond donors (Lipinski definition) is 2. The Bertz CT molecular complexity index is 566. The van der Waals surface area contributed by atoms with Crippen LogP contribution in [0.4, 0.5) is 0 Å². The van der Waals surface area contributed by atoms with Crippen molar-refractivity contribution in [3.63, 3.8) is 0 Å². The summed E-state index contributed by atoms with van der Waals surface area (Å²) < 4.78 is 1.79. The Morgan fingerprint density at radius 1 is 1.53 bits per heavy atom. The molecule has 17 heavy (non-hydrogen) atoms. The topological polar surface area (TPSA) is 80.6 Å². The predicted molar refractivity (Wildman–Crippen MR) is 67.6 cm³/mol. The fourth-order valence-corrected chi connectivity index (χ4v) is 2.59.